The minimum absolute atomic E-state index is 0.0810. The number of nitrogens with zero attached hydrogens (tertiary/aromatic N) is 2. The van der Waals surface area contributed by atoms with Gasteiger partial charge in [-0.2, -0.15) is 0 Å². The third-order valence-electron chi connectivity index (χ3n) is 3.73. The largest absolute Gasteiger partial charge is 0.270 e. The van der Waals surface area contributed by atoms with Gasteiger partial charge in [0.2, 0.25) is 0 Å². The fourth-order valence-corrected chi connectivity index (χ4v) is 3.90. The number of carbonyl (C=O) groups excluding carboxylic acids is 1. The third-order valence-corrected chi connectivity index (χ3v) is 5.04. The van der Waals surface area contributed by atoms with E-state index in [-0.39, 0.29) is 5.91 Å². The molecule has 2 aromatic carbocycles. The number of hydrogen-bond acceptors (Lipinski definition) is 4. The van der Waals surface area contributed by atoms with Crippen LogP contribution in [-0.4, -0.2) is 15.2 Å². The van der Waals surface area contributed by atoms with E-state index in [1.54, 1.807) is 11.1 Å². The molecule has 24 heavy (non-hydrogen) atoms. The van der Waals surface area contributed by atoms with E-state index >= 15 is 0 Å². The molecule has 5 heteroatoms. The first-order chi connectivity index (χ1) is 11.7. The molecule has 1 aromatic heterocycles. The van der Waals surface area contributed by atoms with Crippen molar-refractivity contribution >= 4 is 56.9 Å². The summed E-state index contributed by atoms with van der Waals surface area (Å²) in [7, 11) is 0. The monoisotopic (exact) mass is 348 g/mol. The standard InChI is InChI=1S/C19H12N2OS2/c22-18-17(24-19(23)21(18)15-6-2-1-3-7-15)12-13-8-9-16-14(11-13)5-4-10-20-16/h1-12H/b17-12+. The third kappa shape index (κ3) is 2.72. The van der Waals surface area contributed by atoms with Crippen LogP contribution in [0.15, 0.2) is 71.8 Å². The number of aromatic nitrogens is 1. The Morgan fingerprint density at radius 3 is 2.71 bits per heavy atom. The van der Waals surface area contributed by atoms with Crippen molar-refractivity contribution in [3.63, 3.8) is 0 Å². The van der Waals surface area contributed by atoms with Crippen molar-refractivity contribution in [2.75, 3.05) is 4.90 Å². The van der Waals surface area contributed by atoms with E-state index in [0.717, 1.165) is 22.2 Å². The maximum absolute atomic E-state index is 12.7. The summed E-state index contributed by atoms with van der Waals surface area (Å²) in [6.45, 7) is 0. The number of hydrogen-bond donors (Lipinski definition) is 0. The average molecular weight is 348 g/mol. The first kappa shape index (κ1) is 15.1. The van der Waals surface area contributed by atoms with Crippen LogP contribution in [0.1, 0.15) is 5.56 Å². The molecule has 0 spiro atoms. The van der Waals surface area contributed by atoms with Crippen molar-refractivity contribution in [3.8, 4) is 0 Å². The zero-order valence-electron chi connectivity index (χ0n) is 12.5. The molecule has 0 saturated carbocycles. The van der Waals surface area contributed by atoms with Crippen molar-refractivity contribution < 1.29 is 4.79 Å². The summed E-state index contributed by atoms with van der Waals surface area (Å²) < 4.78 is 0.555. The van der Waals surface area contributed by atoms with Gasteiger partial charge in [0.15, 0.2) is 4.32 Å². The predicted octanol–water partition coefficient (Wildman–Crippen LogP) is 4.64. The fourth-order valence-electron chi connectivity index (χ4n) is 2.60. The number of para-hydroxylation sites is 1. The highest BCUT2D eigenvalue weighted by atomic mass is 32.2. The van der Waals surface area contributed by atoms with Gasteiger partial charge in [-0.15, -0.1) is 0 Å². The fraction of sp³-hybridized carbons (Fsp3) is 0. The molecule has 0 N–H and O–H groups in total. The van der Waals surface area contributed by atoms with Gasteiger partial charge < -0.3 is 0 Å². The number of amides is 1. The molecule has 0 aliphatic carbocycles. The number of anilines is 1. The zero-order valence-corrected chi connectivity index (χ0v) is 14.2. The molecular formula is C19H12N2OS2. The molecule has 0 radical (unpaired) electrons. The van der Waals surface area contributed by atoms with Gasteiger partial charge in [-0.3, -0.25) is 14.7 Å². The average Bonchev–Trinajstić information content (AvgIpc) is 2.89. The highest BCUT2D eigenvalue weighted by molar-refractivity contribution is 8.27. The van der Waals surface area contributed by atoms with Crippen LogP contribution >= 0.6 is 24.0 Å². The van der Waals surface area contributed by atoms with Crippen molar-refractivity contribution in [3.05, 3.63) is 77.3 Å². The summed E-state index contributed by atoms with van der Waals surface area (Å²) in [4.78, 5) is 19.2. The Labute approximate surface area is 149 Å². The lowest BCUT2D eigenvalue weighted by molar-refractivity contribution is -0.113. The van der Waals surface area contributed by atoms with Crippen LogP contribution < -0.4 is 4.90 Å². The van der Waals surface area contributed by atoms with E-state index in [9.17, 15) is 4.79 Å². The van der Waals surface area contributed by atoms with Gasteiger partial charge in [-0.05, 0) is 42.0 Å². The Bertz CT molecular complexity index is 983. The lowest BCUT2D eigenvalue weighted by Gasteiger charge is -2.13. The van der Waals surface area contributed by atoms with Gasteiger partial charge in [-0.25, -0.2) is 0 Å². The number of benzene rings is 2. The van der Waals surface area contributed by atoms with E-state index in [0.29, 0.717) is 9.23 Å². The molecule has 0 unspecified atom stereocenters. The van der Waals surface area contributed by atoms with Crippen molar-refractivity contribution in [1.29, 1.82) is 0 Å². The van der Waals surface area contributed by atoms with Crippen LogP contribution in [0.4, 0.5) is 5.69 Å². The normalized spacial score (nSPS) is 16.3. The van der Waals surface area contributed by atoms with Gasteiger partial charge >= 0.3 is 0 Å². The van der Waals surface area contributed by atoms with Crippen LogP contribution in [0.3, 0.4) is 0 Å². The first-order valence-electron chi connectivity index (χ1n) is 7.40. The second kappa shape index (κ2) is 6.19. The minimum atomic E-state index is -0.0810. The summed E-state index contributed by atoms with van der Waals surface area (Å²) in [6.07, 6.45) is 3.65. The second-order valence-corrected chi connectivity index (χ2v) is 6.98. The maximum atomic E-state index is 12.7. The molecule has 1 fully saturated rings. The number of carbonyl (C=O) groups is 1. The number of fused-ring (bicyclic) bond motifs is 1. The maximum Gasteiger partial charge on any atom is 0.270 e. The Balaban J connectivity index is 1.70. The van der Waals surface area contributed by atoms with E-state index < -0.39 is 0 Å². The van der Waals surface area contributed by atoms with Crippen molar-refractivity contribution in [2.24, 2.45) is 0 Å². The second-order valence-electron chi connectivity index (χ2n) is 5.31. The molecule has 1 aliphatic rings. The van der Waals surface area contributed by atoms with Crippen molar-refractivity contribution in [2.45, 2.75) is 0 Å². The number of rotatable bonds is 2. The molecule has 0 atom stereocenters. The van der Waals surface area contributed by atoms with E-state index in [2.05, 4.69) is 4.98 Å². The molecule has 1 amide bonds. The molecule has 0 bridgehead atoms. The van der Waals surface area contributed by atoms with Crippen LogP contribution in [0, 0.1) is 0 Å². The Morgan fingerprint density at radius 1 is 1.04 bits per heavy atom. The van der Waals surface area contributed by atoms with Gasteiger partial charge in [0.05, 0.1) is 16.1 Å². The molecule has 1 saturated heterocycles. The quantitative estimate of drug-likeness (QED) is 0.499. The van der Waals surface area contributed by atoms with Gasteiger partial charge in [0, 0.05) is 11.6 Å². The Hall–Kier alpha value is -2.50. The van der Waals surface area contributed by atoms with Gasteiger partial charge in [0.1, 0.15) is 0 Å². The smallest absolute Gasteiger partial charge is 0.268 e. The molecule has 3 aromatic rings. The van der Waals surface area contributed by atoms with Crippen LogP contribution in [0.2, 0.25) is 0 Å². The summed E-state index contributed by atoms with van der Waals surface area (Å²) >= 11 is 6.72. The van der Waals surface area contributed by atoms with Gasteiger partial charge in [0.25, 0.3) is 5.91 Å². The SMILES string of the molecule is O=C1/C(=C\c2ccc3ncccc3c2)SC(=S)N1c1ccccc1. The van der Waals surface area contributed by atoms with Crippen LogP contribution in [0.5, 0.6) is 0 Å². The zero-order chi connectivity index (χ0) is 16.5. The summed E-state index contributed by atoms with van der Waals surface area (Å²) in [6, 6.07) is 19.3. The number of pyridine rings is 1. The van der Waals surface area contributed by atoms with Crippen molar-refractivity contribution in [1.82, 2.24) is 4.98 Å². The molecule has 3 nitrogen and oxygen atoms in total. The van der Waals surface area contributed by atoms with Crippen LogP contribution in [0.25, 0.3) is 17.0 Å². The van der Waals surface area contributed by atoms with E-state index in [1.165, 1.54) is 11.8 Å². The molecule has 116 valence electrons. The molecular weight excluding hydrogens is 336 g/mol. The number of thiocarbonyl (C=S) groups is 1. The summed E-state index contributed by atoms with van der Waals surface area (Å²) in [5.41, 5.74) is 2.70. The van der Waals surface area contributed by atoms with E-state index in [1.807, 2.05) is 66.7 Å². The lowest BCUT2D eigenvalue weighted by Crippen LogP contribution is -2.27. The number of thioether (sulfide) groups is 1. The Kier molecular flexibility index (Phi) is 3.88. The molecule has 1 aliphatic heterocycles. The predicted molar refractivity (Wildman–Crippen MR) is 104 cm³/mol. The molecule has 4 rings (SSSR count). The Morgan fingerprint density at radius 2 is 1.88 bits per heavy atom. The highest BCUT2D eigenvalue weighted by Gasteiger charge is 2.33. The summed E-state index contributed by atoms with van der Waals surface area (Å²) in [5.74, 6) is -0.0810. The van der Waals surface area contributed by atoms with E-state index in [4.69, 9.17) is 12.2 Å². The van der Waals surface area contributed by atoms with Gasteiger partial charge in [-0.1, -0.05) is 54.3 Å². The first-order valence-corrected chi connectivity index (χ1v) is 8.63. The summed E-state index contributed by atoms with van der Waals surface area (Å²) in [5, 5.41) is 1.05. The minimum Gasteiger partial charge on any atom is -0.268 e. The van der Waals surface area contributed by atoms with Crippen LogP contribution in [-0.2, 0) is 4.79 Å². The topological polar surface area (TPSA) is 33.2 Å². The lowest BCUT2D eigenvalue weighted by atomic mass is 10.1. The molecule has 2 heterocycles. The highest BCUT2D eigenvalue weighted by Crippen LogP contribution is 2.36.